The zero-order chi connectivity index (χ0) is 9.68. The lowest BCUT2D eigenvalue weighted by Crippen LogP contribution is -2.34. The van der Waals surface area contributed by atoms with Crippen LogP contribution in [0, 0.1) is 5.92 Å². The van der Waals surface area contributed by atoms with E-state index in [2.05, 4.69) is 0 Å². The molecule has 2 atom stereocenters. The van der Waals surface area contributed by atoms with E-state index in [0.717, 1.165) is 12.8 Å². The Morgan fingerprint density at radius 1 is 1.43 bits per heavy atom. The zero-order valence-electron chi connectivity index (χ0n) is 8.70. The van der Waals surface area contributed by atoms with Gasteiger partial charge in [0.1, 0.15) is 0 Å². The van der Waals surface area contributed by atoms with E-state index in [1.807, 2.05) is 6.92 Å². The van der Waals surface area contributed by atoms with Crippen LogP contribution in [0.15, 0.2) is 0 Å². The molecular weight excluding hydrogens is 202 g/mol. The lowest BCUT2D eigenvalue weighted by Gasteiger charge is -2.27. The molecule has 0 aromatic carbocycles. The third-order valence-corrected chi connectivity index (χ3v) is 2.70. The van der Waals surface area contributed by atoms with Gasteiger partial charge in [-0.3, -0.25) is 4.79 Å². The number of halogens is 1. The molecule has 0 heterocycles. The van der Waals surface area contributed by atoms with Gasteiger partial charge in [0.2, 0.25) is 0 Å². The summed E-state index contributed by atoms with van der Waals surface area (Å²) in [7, 11) is 0. The fourth-order valence-corrected chi connectivity index (χ4v) is 1.92. The van der Waals surface area contributed by atoms with Crippen molar-refractivity contribution in [1.82, 2.24) is 0 Å². The molecule has 0 saturated heterocycles. The van der Waals surface area contributed by atoms with Gasteiger partial charge >= 0.3 is 5.97 Å². The minimum absolute atomic E-state index is 0. The Hall–Kier alpha value is -0.280. The van der Waals surface area contributed by atoms with E-state index < -0.39 is 0 Å². The van der Waals surface area contributed by atoms with Crippen molar-refractivity contribution in [3.05, 3.63) is 0 Å². The Balaban J connectivity index is 0.00000169. The number of carbonyl (C=O) groups excluding carboxylic acids is 1. The fourth-order valence-electron chi connectivity index (χ4n) is 1.92. The third-order valence-electron chi connectivity index (χ3n) is 2.70. The first-order chi connectivity index (χ1) is 6.24. The van der Waals surface area contributed by atoms with Crippen LogP contribution in [-0.2, 0) is 9.53 Å². The van der Waals surface area contributed by atoms with Gasteiger partial charge in [0.05, 0.1) is 6.61 Å². The molecule has 2 unspecified atom stereocenters. The summed E-state index contributed by atoms with van der Waals surface area (Å²) in [5.74, 6) is 0.262. The van der Waals surface area contributed by atoms with Gasteiger partial charge in [-0.05, 0) is 25.7 Å². The van der Waals surface area contributed by atoms with Crippen LogP contribution >= 0.6 is 12.4 Å². The van der Waals surface area contributed by atoms with Crippen LogP contribution in [0.4, 0.5) is 0 Å². The van der Waals surface area contributed by atoms with E-state index >= 15 is 0 Å². The quantitative estimate of drug-likeness (QED) is 0.741. The molecular formula is C10H20ClNO2. The molecule has 0 radical (unpaired) electrons. The van der Waals surface area contributed by atoms with E-state index in [9.17, 15) is 4.79 Å². The molecule has 0 aromatic rings. The van der Waals surface area contributed by atoms with Gasteiger partial charge < -0.3 is 10.5 Å². The number of nitrogens with two attached hydrogens (primary N) is 1. The average Bonchev–Trinajstić information content (AvgIpc) is 2.09. The molecule has 1 aliphatic carbocycles. The molecule has 1 fully saturated rings. The molecule has 84 valence electrons. The molecule has 0 aliphatic heterocycles. The summed E-state index contributed by atoms with van der Waals surface area (Å²) < 4.78 is 4.90. The summed E-state index contributed by atoms with van der Waals surface area (Å²) >= 11 is 0. The van der Waals surface area contributed by atoms with Crippen molar-refractivity contribution in [1.29, 1.82) is 0 Å². The second-order valence-corrected chi connectivity index (χ2v) is 3.72. The van der Waals surface area contributed by atoms with Gasteiger partial charge in [-0.1, -0.05) is 12.8 Å². The van der Waals surface area contributed by atoms with Crippen LogP contribution < -0.4 is 5.73 Å². The van der Waals surface area contributed by atoms with Gasteiger partial charge in [0.15, 0.2) is 0 Å². The summed E-state index contributed by atoms with van der Waals surface area (Å²) in [4.78, 5) is 11.2. The smallest absolute Gasteiger partial charge is 0.306 e. The van der Waals surface area contributed by atoms with Crippen LogP contribution in [0.3, 0.4) is 0 Å². The number of hydrogen-bond donors (Lipinski definition) is 1. The highest BCUT2D eigenvalue weighted by molar-refractivity contribution is 5.85. The highest BCUT2D eigenvalue weighted by Gasteiger charge is 2.24. The standard InChI is InChI=1S/C10H19NO2.ClH/c1-2-13-10(12)7-8-5-3-4-6-9(8)11;/h8-9H,2-7,11H2,1H3;1H. The SMILES string of the molecule is CCOC(=O)CC1CCCCC1N.Cl. The number of esters is 1. The highest BCUT2D eigenvalue weighted by atomic mass is 35.5. The number of carbonyl (C=O) groups is 1. The number of rotatable bonds is 3. The van der Waals surface area contributed by atoms with E-state index in [4.69, 9.17) is 10.5 Å². The molecule has 1 saturated carbocycles. The predicted octanol–water partition coefficient (Wildman–Crippen LogP) is 1.88. The van der Waals surface area contributed by atoms with E-state index in [1.54, 1.807) is 0 Å². The van der Waals surface area contributed by atoms with Crippen molar-refractivity contribution in [2.75, 3.05) is 6.61 Å². The topological polar surface area (TPSA) is 52.3 Å². The van der Waals surface area contributed by atoms with Gasteiger partial charge in [-0.2, -0.15) is 0 Å². The summed E-state index contributed by atoms with van der Waals surface area (Å²) in [6.07, 6.45) is 5.07. The summed E-state index contributed by atoms with van der Waals surface area (Å²) in [5, 5.41) is 0. The molecule has 1 rings (SSSR count). The largest absolute Gasteiger partial charge is 0.466 e. The first-order valence-electron chi connectivity index (χ1n) is 5.15. The van der Waals surface area contributed by atoms with Crippen molar-refractivity contribution in [2.24, 2.45) is 11.7 Å². The highest BCUT2D eigenvalue weighted by Crippen LogP contribution is 2.25. The maximum Gasteiger partial charge on any atom is 0.306 e. The van der Waals surface area contributed by atoms with Gasteiger partial charge in [-0.25, -0.2) is 0 Å². The van der Waals surface area contributed by atoms with Gasteiger partial charge in [0.25, 0.3) is 0 Å². The van der Waals surface area contributed by atoms with Crippen molar-refractivity contribution >= 4 is 18.4 Å². The van der Waals surface area contributed by atoms with Crippen molar-refractivity contribution in [3.8, 4) is 0 Å². The Morgan fingerprint density at radius 2 is 2.07 bits per heavy atom. The fraction of sp³-hybridized carbons (Fsp3) is 0.900. The summed E-state index contributed by atoms with van der Waals surface area (Å²) in [5.41, 5.74) is 5.92. The molecule has 0 spiro atoms. The number of hydrogen-bond acceptors (Lipinski definition) is 3. The second-order valence-electron chi connectivity index (χ2n) is 3.72. The monoisotopic (exact) mass is 221 g/mol. The average molecular weight is 222 g/mol. The first-order valence-corrected chi connectivity index (χ1v) is 5.15. The first kappa shape index (κ1) is 13.7. The molecule has 3 nitrogen and oxygen atoms in total. The van der Waals surface area contributed by atoms with E-state index in [-0.39, 0.29) is 24.4 Å². The molecule has 2 N–H and O–H groups in total. The summed E-state index contributed by atoms with van der Waals surface area (Å²) in [6.45, 7) is 2.31. The Labute approximate surface area is 91.8 Å². The minimum Gasteiger partial charge on any atom is -0.466 e. The lowest BCUT2D eigenvalue weighted by molar-refractivity contribution is -0.144. The lowest BCUT2D eigenvalue weighted by atomic mass is 9.83. The van der Waals surface area contributed by atoms with E-state index in [0.29, 0.717) is 18.9 Å². The summed E-state index contributed by atoms with van der Waals surface area (Å²) in [6, 6.07) is 0.207. The zero-order valence-corrected chi connectivity index (χ0v) is 9.52. The van der Waals surface area contributed by atoms with Crippen LogP contribution in [0.25, 0.3) is 0 Å². The Morgan fingerprint density at radius 3 is 2.64 bits per heavy atom. The second kappa shape index (κ2) is 7.07. The molecule has 0 amide bonds. The molecule has 0 bridgehead atoms. The number of ether oxygens (including phenoxy) is 1. The van der Waals surface area contributed by atoms with Crippen molar-refractivity contribution in [3.63, 3.8) is 0 Å². The maximum absolute atomic E-state index is 11.2. The van der Waals surface area contributed by atoms with E-state index in [1.165, 1.54) is 12.8 Å². The Kier molecular flexibility index (Phi) is 6.93. The Bertz CT molecular complexity index is 176. The van der Waals surface area contributed by atoms with Crippen LogP contribution in [0.5, 0.6) is 0 Å². The molecule has 14 heavy (non-hydrogen) atoms. The normalized spacial score (nSPS) is 26.4. The van der Waals surface area contributed by atoms with Crippen LogP contribution in [0.2, 0.25) is 0 Å². The van der Waals surface area contributed by atoms with Crippen LogP contribution in [-0.4, -0.2) is 18.6 Å². The maximum atomic E-state index is 11.2. The van der Waals surface area contributed by atoms with Gasteiger partial charge in [0, 0.05) is 12.5 Å². The van der Waals surface area contributed by atoms with Crippen molar-refractivity contribution in [2.45, 2.75) is 45.1 Å². The van der Waals surface area contributed by atoms with Gasteiger partial charge in [-0.15, -0.1) is 12.4 Å². The molecule has 1 aliphatic rings. The van der Waals surface area contributed by atoms with Crippen molar-refractivity contribution < 1.29 is 9.53 Å². The molecule has 4 heteroatoms. The third kappa shape index (κ3) is 4.29. The van der Waals surface area contributed by atoms with Crippen LogP contribution in [0.1, 0.15) is 39.0 Å². The predicted molar refractivity (Wildman–Crippen MR) is 58.4 cm³/mol. The molecule has 0 aromatic heterocycles. The minimum atomic E-state index is -0.0927.